The Morgan fingerprint density at radius 3 is 2.70 bits per heavy atom. The van der Waals surface area contributed by atoms with Gasteiger partial charge in [0.2, 0.25) is 11.9 Å². The average molecular weight is 631 g/mol. The molecule has 5 rings (SSSR count). The third-order valence-electron chi connectivity index (χ3n) is 7.40. The molecule has 1 saturated heterocycles. The molecule has 1 N–H and O–H groups in total. The van der Waals surface area contributed by atoms with E-state index in [4.69, 9.17) is 21.1 Å². The fourth-order valence-corrected chi connectivity index (χ4v) is 7.49. The Bertz CT molecular complexity index is 1570. The number of piperazine rings is 1. The Hall–Kier alpha value is -3.72. The number of amides is 1. The van der Waals surface area contributed by atoms with Crippen LogP contribution in [-0.2, 0) is 21.1 Å². The van der Waals surface area contributed by atoms with E-state index in [1.807, 2.05) is 23.1 Å². The number of nitrogens with one attached hydrogen (secondary N) is 1. The zero-order valence-corrected chi connectivity index (χ0v) is 25.7. The van der Waals surface area contributed by atoms with Crippen molar-refractivity contribution in [1.29, 1.82) is 0 Å². The lowest BCUT2D eigenvalue weighted by atomic mass is 10.1. The summed E-state index contributed by atoms with van der Waals surface area (Å²) in [5.74, 6) is 1.42. The van der Waals surface area contributed by atoms with Gasteiger partial charge in [-0.3, -0.25) is 9.36 Å². The van der Waals surface area contributed by atoms with Crippen LogP contribution in [0.2, 0.25) is 5.15 Å². The van der Waals surface area contributed by atoms with Crippen LogP contribution in [0.4, 0.5) is 5.82 Å². The number of hydrogen-bond acceptors (Lipinski definition) is 11. The number of ether oxygens (including phenoxy) is 2. The van der Waals surface area contributed by atoms with E-state index in [1.165, 1.54) is 6.08 Å². The fourth-order valence-electron chi connectivity index (χ4n) is 5.42. The molecule has 13 nitrogen and oxygen atoms in total. The highest BCUT2D eigenvalue weighted by atomic mass is 35.5. The number of fused-ring (bicyclic) bond motifs is 1. The van der Waals surface area contributed by atoms with Crippen molar-refractivity contribution in [2.45, 2.75) is 17.7 Å². The zero-order chi connectivity index (χ0) is 30.6. The molecular formula is C28H35ClN8O5S. The highest BCUT2D eigenvalue weighted by Crippen LogP contribution is 2.35. The number of nitrogens with zero attached hydrogens (tertiary/aromatic N) is 7. The third kappa shape index (κ3) is 6.61. The Balaban J connectivity index is 1.39. The van der Waals surface area contributed by atoms with Crippen molar-refractivity contribution < 1.29 is 22.7 Å². The van der Waals surface area contributed by atoms with Crippen molar-refractivity contribution in [2.24, 2.45) is 0 Å². The molecule has 1 atom stereocenters. The van der Waals surface area contributed by atoms with E-state index >= 15 is 0 Å². The van der Waals surface area contributed by atoms with Crippen LogP contribution in [0.3, 0.4) is 0 Å². The van der Waals surface area contributed by atoms with Crippen molar-refractivity contribution in [3.63, 3.8) is 0 Å². The molecular weight excluding hydrogens is 596 g/mol. The van der Waals surface area contributed by atoms with Crippen molar-refractivity contribution >= 4 is 33.2 Å². The second kappa shape index (κ2) is 12.9. The lowest BCUT2D eigenvalue weighted by Crippen LogP contribution is -2.70. The van der Waals surface area contributed by atoms with Crippen molar-refractivity contribution in [2.75, 3.05) is 64.1 Å². The van der Waals surface area contributed by atoms with Crippen LogP contribution >= 0.6 is 11.6 Å². The fraction of sp³-hybridized carbons (Fsp3) is 0.429. The molecule has 1 unspecified atom stereocenters. The highest BCUT2D eigenvalue weighted by molar-refractivity contribution is 7.92. The smallest absolute Gasteiger partial charge is 0.238 e. The summed E-state index contributed by atoms with van der Waals surface area (Å²) in [5.41, 5.74) is 0.964. The van der Waals surface area contributed by atoms with E-state index in [1.54, 1.807) is 53.5 Å². The van der Waals surface area contributed by atoms with Gasteiger partial charge >= 0.3 is 0 Å². The van der Waals surface area contributed by atoms with Gasteiger partial charge in [-0.05, 0) is 24.1 Å². The van der Waals surface area contributed by atoms with Gasteiger partial charge in [0.1, 0.15) is 30.5 Å². The van der Waals surface area contributed by atoms with Gasteiger partial charge in [0.05, 0.1) is 18.7 Å². The molecule has 0 aliphatic carbocycles. The van der Waals surface area contributed by atoms with Gasteiger partial charge in [0, 0.05) is 52.2 Å². The molecule has 0 bridgehead atoms. The van der Waals surface area contributed by atoms with Gasteiger partial charge in [0.25, 0.3) is 0 Å². The molecule has 230 valence electrons. The molecule has 43 heavy (non-hydrogen) atoms. The summed E-state index contributed by atoms with van der Waals surface area (Å²) in [6.45, 7) is 5.70. The Morgan fingerprint density at radius 2 is 1.98 bits per heavy atom. The van der Waals surface area contributed by atoms with Crippen LogP contribution < -0.4 is 19.7 Å². The van der Waals surface area contributed by atoms with Crippen molar-refractivity contribution in [3.05, 3.63) is 66.4 Å². The highest BCUT2D eigenvalue weighted by Gasteiger charge is 2.54. The SMILES string of the molecule is C=CCS(=O)(=O)C1(CC(=O)NCCc2ccc3c(c2)OCCO3)CN(c2cc(Cl)nc(-n3ccnc3)n2)CCN1N(C)C. The van der Waals surface area contributed by atoms with Crippen LogP contribution in [0.5, 0.6) is 11.5 Å². The molecule has 1 fully saturated rings. The molecule has 0 saturated carbocycles. The van der Waals surface area contributed by atoms with Gasteiger partial charge in [-0.1, -0.05) is 23.7 Å². The quantitative estimate of drug-likeness (QED) is 0.245. The number of carbonyl (C=O) groups is 1. The predicted octanol–water partition coefficient (Wildman–Crippen LogP) is 1.73. The molecule has 3 aromatic rings. The standard InChI is InChI=1S/C28H35ClN8O5S/c1-4-15-43(39,40)28(18-26(38)31-8-7-21-5-6-22-23(16-21)42-14-13-41-22)19-35(11-12-37(28)34(2)3)25-17-24(29)32-27(33-25)36-10-9-30-20-36/h4-6,9-10,16-17,20H,1,7-8,11-15,18-19H2,2-3H3,(H,31,38). The van der Waals surface area contributed by atoms with Crippen LogP contribution in [-0.4, -0.2) is 108 Å². The summed E-state index contributed by atoms with van der Waals surface area (Å²) in [7, 11) is -0.394. The van der Waals surface area contributed by atoms with Crippen LogP contribution in [0.25, 0.3) is 5.95 Å². The maximum absolute atomic E-state index is 14.0. The van der Waals surface area contributed by atoms with Crippen LogP contribution in [0.15, 0.2) is 55.6 Å². The minimum atomic E-state index is -3.93. The predicted molar refractivity (Wildman–Crippen MR) is 162 cm³/mol. The summed E-state index contributed by atoms with van der Waals surface area (Å²) >= 11 is 6.37. The average Bonchev–Trinajstić information content (AvgIpc) is 3.52. The van der Waals surface area contributed by atoms with Crippen molar-refractivity contribution in [1.82, 2.24) is 34.9 Å². The summed E-state index contributed by atoms with van der Waals surface area (Å²) in [6, 6.07) is 7.26. The Labute approximate surface area is 256 Å². The molecule has 2 aromatic heterocycles. The number of hydrogen-bond donors (Lipinski definition) is 1. The minimum Gasteiger partial charge on any atom is -0.486 e. The summed E-state index contributed by atoms with van der Waals surface area (Å²) in [5, 5.41) is 6.59. The second-order valence-electron chi connectivity index (χ2n) is 10.5. The molecule has 2 aliphatic rings. The van der Waals surface area contributed by atoms with Crippen LogP contribution in [0, 0.1) is 0 Å². The first kappa shape index (κ1) is 30.7. The normalized spacial score (nSPS) is 18.9. The van der Waals surface area contributed by atoms with Gasteiger partial charge in [-0.15, -0.1) is 6.58 Å². The first-order valence-electron chi connectivity index (χ1n) is 13.8. The molecule has 1 amide bonds. The van der Waals surface area contributed by atoms with Gasteiger partial charge in [-0.2, -0.15) is 4.98 Å². The number of hydrazine groups is 1. The lowest BCUT2D eigenvalue weighted by Gasteiger charge is -2.51. The summed E-state index contributed by atoms with van der Waals surface area (Å²) in [4.78, 5) is 26.7. The Kier molecular flexibility index (Phi) is 9.20. The van der Waals surface area contributed by atoms with E-state index < -0.39 is 20.6 Å². The number of imidazole rings is 1. The topological polar surface area (TPSA) is 135 Å². The van der Waals surface area contributed by atoms with E-state index in [0.29, 0.717) is 62.5 Å². The molecule has 0 radical (unpaired) electrons. The summed E-state index contributed by atoms with van der Waals surface area (Å²) in [6.07, 6.45) is 6.42. The molecule has 15 heteroatoms. The second-order valence-corrected chi connectivity index (χ2v) is 13.2. The Morgan fingerprint density at radius 1 is 1.19 bits per heavy atom. The maximum Gasteiger partial charge on any atom is 0.238 e. The minimum absolute atomic E-state index is 0.0341. The van der Waals surface area contributed by atoms with Crippen LogP contribution in [0.1, 0.15) is 12.0 Å². The third-order valence-corrected chi connectivity index (χ3v) is 9.91. The lowest BCUT2D eigenvalue weighted by molar-refractivity contribution is -0.126. The molecule has 0 spiro atoms. The van der Waals surface area contributed by atoms with E-state index in [9.17, 15) is 13.2 Å². The van der Waals surface area contributed by atoms with E-state index in [0.717, 1.165) is 5.56 Å². The molecule has 2 aliphatic heterocycles. The first-order chi connectivity index (χ1) is 20.6. The summed E-state index contributed by atoms with van der Waals surface area (Å²) < 4.78 is 40.9. The number of benzene rings is 1. The monoisotopic (exact) mass is 630 g/mol. The molecule has 4 heterocycles. The number of anilines is 1. The van der Waals surface area contributed by atoms with Gasteiger partial charge in [-0.25, -0.2) is 28.4 Å². The van der Waals surface area contributed by atoms with Gasteiger partial charge < -0.3 is 19.7 Å². The number of rotatable bonds is 11. The zero-order valence-electron chi connectivity index (χ0n) is 24.1. The largest absolute Gasteiger partial charge is 0.486 e. The number of sulfone groups is 1. The van der Waals surface area contributed by atoms with Gasteiger partial charge in [0.15, 0.2) is 26.2 Å². The number of halogens is 1. The van der Waals surface area contributed by atoms with E-state index in [2.05, 4.69) is 26.8 Å². The number of aromatic nitrogens is 4. The van der Waals surface area contributed by atoms with E-state index in [-0.39, 0.29) is 23.9 Å². The first-order valence-corrected chi connectivity index (χ1v) is 15.9. The molecule has 1 aromatic carbocycles. The number of carbonyl (C=O) groups excluding carboxylic acids is 1. The maximum atomic E-state index is 14.0. The van der Waals surface area contributed by atoms with Crippen molar-refractivity contribution in [3.8, 4) is 17.4 Å².